The second kappa shape index (κ2) is 10.5. The van der Waals surface area contributed by atoms with E-state index in [2.05, 4.69) is 28.0 Å². The summed E-state index contributed by atoms with van der Waals surface area (Å²) in [5.41, 5.74) is -0.175. The highest BCUT2D eigenvalue weighted by Crippen LogP contribution is 2.50. The minimum absolute atomic E-state index is 0.0331. The van der Waals surface area contributed by atoms with Gasteiger partial charge in [-0.1, -0.05) is 36.8 Å². The number of hydrogen-bond donors (Lipinski definition) is 0. The zero-order valence-electron chi connectivity index (χ0n) is 24.6. The number of methoxy groups -OCH3 is 1. The van der Waals surface area contributed by atoms with Crippen molar-refractivity contribution in [3.63, 3.8) is 0 Å². The number of sulfonamides is 1. The normalized spacial score (nSPS) is 23.0. The first-order chi connectivity index (χ1) is 20.4. The fourth-order valence-electron chi connectivity index (χ4n) is 5.79. The first kappa shape index (κ1) is 29.9. The number of aromatic nitrogens is 4. The molecular formula is C28H34ClN8O4S2+. The van der Waals surface area contributed by atoms with Gasteiger partial charge in [-0.15, -0.1) is 14.2 Å². The maximum absolute atomic E-state index is 14.1. The molecule has 228 valence electrons. The average molecular weight is 646 g/mol. The van der Waals surface area contributed by atoms with E-state index < -0.39 is 21.0 Å². The van der Waals surface area contributed by atoms with Crippen LogP contribution in [0.25, 0.3) is 16.3 Å². The van der Waals surface area contributed by atoms with Gasteiger partial charge in [0.25, 0.3) is 0 Å². The quantitative estimate of drug-likeness (QED) is 0.254. The maximum Gasteiger partial charge on any atom is 0.396 e. The summed E-state index contributed by atoms with van der Waals surface area (Å²) in [6.45, 7) is 12.0. The first-order valence-corrected chi connectivity index (χ1v) is 16.9. The monoisotopic (exact) mass is 645 g/mol. The van der Waals surface area contributed by atoms with Crippen molar-refractivity contribution in [2.24, 2.45) is 11.8 Å². The molecule has 12 nitrogen and oxygen atoms in total. The van der Waals surface area contributed by atoms with Crippen LogP contribution in [-0.2, 0) is 25.0 Å². The lowest BCUT2D eigenvalue weighted by atomic mass is 10.1. The number of halogens is 1. The van der Waals surface area contributed by atoms with Gasteiger partial charge in [-0.25, -0.2) is 4.98 Å². The van der Waals surface area contributed by atoms with Crippen LogP contribution in [0.5, 0.6) is 0 Å². The van der Waals surface area contributed by atoms with Crippen LogP contribution >= 0.6 is 22.9 Å². The second-order valence-electron chi connectivity index (χ2n) is 12.1. The van der Waals surface area contributed by atoms with Crippen LogP contribution in [0.3, 0.4) is 0 Å². The minimum atomic E-state index is -4.07. The molecule has 2 saturated carbocycles. The molecule has 15 heteroatoms. The number of carbonyl (C=O) groups is 1. The van der Waals surface area contributed by atoms with Crippen molar-refractivity contribution in [1.29, 1.82) is 5.26 Å². The van der Waals surface area contributed by atoms with Crippen LogP contribution < -0.4 is 4.90 Å². The number of fused-ring (bicyclic) bond motifs is 1. The molecular weight excluding hydrogens is 612 g/mol. The molecule has 1 amide bonds. The molecule has 2 aliphatic carbocycles. The van der Waals surface area contributed by atoms with Crippen LogP contribution in [0.15, 0.2) is 17.2 Å². The SMILES string of the molecule is C=[N+]([C@@]1(C)C[C@H]1COC)S(=O)(=O)c1cc(N2CCN(C(=O)C(C)C)CC2)c2c(Cl)nc(-c3nnc(C4(C#N)CC4)s3)n2c1. The largest absolute Gasteiger partial charge is 0.396 e. The Kier molecular flexibility index (Phi) is 7.31. The topological polar surface area (TPSA) is 137 Å². The summed E-state index contributed by atoms with van der Waals surface area (Å²) in [4.78, 5) is 21.2. The fraction of sp³-hybridized carbons (Fsp3) is 0.571. The third-order valence-corrected chi connectivity index (χ3v) is 12.2. The van der Waals surface area contributed by atoms with Gasteiger partial charge in [-0.2, -0.15) is 13.7 Å². The number of piperazine rings is 1. The summed E-state index contributed by atoms with van der Waals surface area (Å²) in [6.07, 6.45) is 3.59. The lowest BCUT2D eigenvalue weighted by Gasteiger charge is -2.37. The Morgan fingerprint density at radius 1 is 1.30 bits per heavy atom. The highest BCUT2D eigenvalue weighted by molar-refractivity contribution is 7.85. The number of carbonyl (C=O) groups excluding carboxylic acids is 1. The molecule has 2 atom stereocenters. The van der Waals surface area contributed by atoms with E-state index in [1.54, 1.807) is 17.6 Å². The first-order valence-electron chi connectivity index (χ1n) is 14.2. The Morgan fingerprint density at radius 3 is 2.60 bits per heavy atom. The van der Waals surface area contributed by atoms with Crippen LogP contribution in [0.4, 0.5) is 5.69 Å². The van der Waals surface area contributed by atoms with E-state index in [1.165, 1.54) is 21.5 Å². The lowest BCUT2D eigenvalue weighted by molar-refractivity contribution is -0.424. The standard InChI is InChI=1S/C28H34ClN8O4S2/c1-17(2)25(38)36-10-8-35(9-11-36)20-12-19(43(39,40)34(4)27(3)13-18(27)15-41-5)14-37-21(20)22(29)31-23(37)24-32-33-26(42-24)28(16-30)6-7-28/h12,14,17-18H,4,6-11,13,15H2,1-3,5H3/q+1/t18-,27-/m0/s1. The van der Waals surface area contributed by atoms with E-state index in [0.29, 0.717) is 66.3 Å². The molecule has 1 aliphatic heterocycles. The van der Waals surface area contributed by atoms with Gasteiger partial charge >= 0.3 is 10.0 Å². The third-order valence-electron chi connectivity index (χ3n) is 8.97. The number of imidazole rings is 1. The van der Waals surface area contributed by atoms with Crippen molar-refractivity contribution in [2.75, 3.05) is 44.8 Å². The fourth-order valence-corrected chi connectivity index (χ4v) is 8.61. The van der Waals surface area contributed by atoms with Crippen molar-refractivity contribution in [2.45, 2.75) is 55.9 Å². The predicted molar refractivity (Wildman–Crippen MR) is 162 cm³/mol. The van der Waals surface area contributed by atoms with Crippen molar-refractivity contribution in [3.05, 3.63) is 22.4 Å². The van der Waals surface area contributed by atoms with Crippen molar-refractivity contribution in [3.8, 4) is 16.9 Å². The molecule has 0 bridgehead atoms. The Bertz CT molecular complexity index is 1780. The van der Waals surface area contributed by atoms with Gasteiger partial charge in [0.05, 0.1) is 24.3 Å². The molecule has 6 rings (SSSR count). The molecule has 3 fully saturated rings. The summed E-state index contributed by atoms with van der Waals surface area (Å²) in [7, 11) is -2.47. The van der Waals surface area contributed by atoms with Gasteiger partial charge < -0.3 is 14.5 Å². The Labute approximate surface area is 259 Å². The summed E-state index contributed by atoms with van der Waals surface area (Å²) in [6, 6.07) is 3.96. The van der Waals surface area contributed by atoms with E-state index >= 15 is 0 Å². The van der Waals surface area contributed by atoms with Gasteiger partial charge in [-0.3, -0.25) is 9.20 Å². The summed E-state index contributed by atoms with van der Waals surface area (Å²) in [5.74, 6) is 0.349. The van der Waals surface area contributed by atoms with Crippen molar-refractivity contribution < 1.29 is 21.9 Å². The molecule has 1 saturated heterocycles. The van der Waals surface area contributed by atoms with Gasteiger partial charge in [0.1, 0.15) is 22.7 Å². The molecule has 0 aromatic carbocycles. The summed E-state index contributed by atoms with van der Waals surface area (Å²) in [5, 5.41) is 19.5. The Morgan fingerprint density at radius 2 is 2.00 bits per heavy atom. The molecule has 3 aromatic rings. The van der Waals surface area contributed by atoms with E-state index in [-0.39, 0.29) is 27.8 Å². The number of hydrogen-bond acceptors (Lipinski definition) is 10. The average Bonchev–Trinajstić information content (AvgIpc) is 3.82. The van der Waals surface area contributed by atoms with Gasteiger partial charge in [-0.05, 0) is 18.9 Å². The zero-order valence-corrected chi connectivity index (χ0v) is 27.0. The van der Waals surface area contributed by atoms with E-state index in [9.17, 15) is 18.5 Å². The lowest BCUT2D eigenvalue weighted by Crippen LogP contribution is -2.50. The smallest absolute Gasteiger partial charge is 0.384 e. The molecule has 4 heterocycles. The number of pyridine rings is 1. The number of rotatable bonds is 9. The number of nitrogens with zero attached hydrogens (tertiary/aromatic N) is 8. The van der Waals surface area contributed by atoms with Gasteiger partial charge in [0.2, 0.25) is 5.91 Å². The van der Waals surface area contributed by atoms with Crippen LogP contribution in [-0.4, -0.2) is 94.9 Å². The molecule has 0 N–H and O–H groups in total. The number of amides is 1. The van der Waals surface area contributed by atoms with Crippen LogP contribution in [0.2, 0.25) is 5.15 Å². The maximum atomic E-state index is 14.1. The highest BCUT2D eigenvalue weighted by Gasteiger charge is 2.63. The Hall–Kier alpha value is -3.12. The van der Waals surface area contributed by atoms with Crippen molar-refractivity contribution >= 4 is 56.8 Å². The van der Waals surface area contributed by atoms with E-state index in [4.69, 9.17) is 16.3 Å². The molecule has 43 heavy (non-hydrogen) atoms. The second-order valence-corrected chi connectivity index (χ2v) is 15.3. The van der Waals surface area contributed by atoms with Crippen LogP contribution in [0.1, 0.15) is 45.0 Å². The summed E-state index contributed by atoms with van der Waals surface area (Å²) < 4.78 is 36.4. The summed E-state index contributed by atoms with van der Waals surface area (Å²) >= 11 is 8.03. The molecule has 0 unspecified atom stereocenters. The predicted octanol–water partition coefficient (Wildman–Crippen LogP) is 3.19. The number of ether oxygens (including phenoxy) is 1. The number of nitriles is 1. The van der Waals surface area contributed by atoms with Gasteiger partial charge in [0.15, 0.2) is 26.4 Å². The molecule has 3 aromatic heterocycles. The van der Waals surface area contributed by atoms with Crippen molar-refractivity contribution in [1.82, 2.24) is 24.5 Å². The van der Waals surface area contributed by atoms with E-state index in [1.807, 2.05) is 30.6 Å². The highest BCUT2D eigenvalue weighted by atomic mass is 35.5. The van der Waals surface area contributed by atoms with E-state index in [0.717, 1.165) is 12.8 Å². The number of anilines is 1. The van der Waals surface area contributed by atoms with Crippen LogP contribution in [0, 0.1) is 23.2 Å². The molecule has 0 spiro atoms. The third kappa shape index (κ3) is 4.90. The zero-order chi connectivity index (χ0) is 30.9. The molecule has 3 aliphatic rings. The van der Waals surface area contributed by atoms with Gasteiger partial charge in [0, 0.05) is 58.7 Å². The Balaban J connectivity index is 1.45. The molecule has 0 radical (unpaired) electrons. The minimum Gasteiger partial charge on any atom is -0.384 e.